The molecule has 2 heterocycles. The van der Waals surface area contributed by atoms with Crippen LogP contribution >= 0.6 is 0 Å². The zero-order valence-electron chi connectivity index (χ0n) is 13.9. The Morgan fingerprint density at radius 3 is 2.57 bits per heavy atom. The predicted molar refractivity (Wildman–Crippen MR) is 91.2 cm³/mol. The maximum absolute atomic E-state index is 5.51. The highest BCUT2D eigenvalue weighted by molar-refractivity contribution is 6.03. The third-order valence-electron chi connectivity index (χ3n) is 4.81. The lowest BCUT2D eigenvalue weighted by atomic mass is 10.0. The van der Waals surface area contributed by atoms with E-state index in [1.165, 1.54) is 29.8 Å². The molecule has 4 rings (SSSR count). The van der Waals surface area contributed by atoms with Crippen molar-refractivity contribution in [2.75, 3.05) is 14.2 Å². The Balaban J connectivity index is 1.97. The van der Waals surface area contributed by atoms with E-state index in [4.69, 9.17) is 14.5 Å². The maximum atomic E-state index is 5.51. The molecule has 0 spiro atoms. The Morgan fingerprint density at radius 2 is 1.91 bits per heavy atom. The lowest BCUT2D eigenvalue weighted by molar-refractivity contribution is 0.354. The third-order valence-corrected chi connectivity index (χ3v) is 4.81. The summed E-state index contributed by atoms with van der Waals surface area (Å²) in [5.74, 6) is 2.15. The molecule has 1 aliphatic carbocycles. The van der Waals surface area contributed by atoms with Gasteiger partial charge in [0.1, 0.15) is 0 Å². The Kier molecular flexibility index (Phi) is 3.40. The molecule has 0 bridgehead atoms. The summed E-state index contributed by atoms with van der Waals surface area (Å²) in [5.41, 5.74) is 4.83. The second kappa shape index (κ2) is 5.44. The molecule has 2 aliphatic rings. The SMILES string of the molecule is CC[C@H]1N=C(C2CC2)c2cccn2-c2cc(OC)c(OC)cc21. The molecule has 1 aliphatic heterocycles. The molecule has 1 saturated carbocycles. The molecule has 120 valence electrons. The van der Waals surface area contributed by atoms with Crippen molar-refractivity contribution in [1.82, 2.24) is 4.57 Å². The van der Waals surface area contributed by atoms with E-state index in [0.717, 1.165) is 23.6 Å². The van der Waals surface area contributed by atoms with Crippen LogP contribution in [0.25, 0.3) is 5.69 Å². The van der Waals surface area contributed by atoms with E-state index in [2.05, 4.69) is 42.0 Å². The fourth-order valence-electron chi connectivity index (χ4n) is 3.45. The maximum Gasteiger partial charge on any atom is 0.162 e. The molecular weight excluding hydrogens is 288 g/mol. The van der Waals surface area contributed by atoms with Crippen molar-refractivity contribution in [3.8, 4) is 17.2 Å². The summed E-state index contributed by atoms with van der Waals surface area (Å²) in [6.07, 6.45) is 5.60. The topological polar surface area (TPSA) is 35.8 Å². The molecule has 0 amide bonds. The van der Waals surface area contributed by atoms with Gasteiger partial charge >= 0.3 is 0 Å². The smallest absolute Gasteiger partial charge is 0.162 e. The number of aliphatic imine (C=N–C) groups is 1. The van der Waals surface area contributed by atoms with Gasteiger partial charge in [0.2, 0.25) is 0 Å². The quantitative estimate of drug-likeness (QED) is 0.850. The minimum atomic E-state index is 0.167. The van der Waals surface area contributed by atoms with E-state index in [9.17, 15) is 0 Å². The van der Waals surface area contributed by atoms with E-state index in [0.29, 0.717) is 5.92 Å². The van der Waals surface area contributed by atoms with E-state index in [1.54, 1.807) is 14.2 Å². The number of hydrogen-bond acceptors (Lipinski definition) is 3. The van der Waals surface area contributed by atoms with Gasteiger partial charge in [-0.15, -0.1) is 0 Å². The minimum Gasteiger partial charge on any atom is -0.493 e. The second-order valence-electron chi connectivity index (χ2n) is 6.24. The molecule has 1 fully saturated rings. The van der Waals surface area contributed by atoms with Gasteiger partial charge in [-0.1, -0.05) is 6.92 Å². The first kappa shape index (κ1) is 14.4. The van der Waals surface area contributed by atoms with E-state index >= 15 is 0 Å². The molecular formula is C19H22N2O2. The van der Waals surface area contributed by atoms with Gasteiger partial charge in [-0.05, 0) is 37.5 Å². The van der Waals surface area contributed by atoms with Gasteiger partial charge in [0.05, 0.1) is 37.4 Å². The Bertz CT molecular complexity index is 772. The normalized spacial score (nSPS) is 19.4. The first-order valence-corrected chi connectivity index (χ1v) is 8.28. The van der Waals surface area contributed by atoms with Gasteiger partial charge in [0.15, 0.2) is 11.5 Å². The highest BCUT2D eigenvalue weighted by Crippen LogP contribution is 2.43. The molecule has 0 radical (unpaired) electrons. The number of methoxy groups -OCH3 is 2. The summed E-state index contributed by atoms with van der Waals surface area (Å²) < 4.78 is 13.3. The zero-order chi connectivity index (χ0) is 16.0. The van der Waals surface area contributed by atoms with E-state index < -0.39 is 0 Å². The molecule has 4 nitrogen and oxygen atoms in total. The van der Waals surface area contributed by atoms with Crippen molar-refractivity contribution in [3.63, 3.8) is 0 Å². The highest BCUT2D eigenvalue weighted by Gasteiger charge is 2.33. The summed E-state index contributed by atoms with van der Waals surface area (Å²) in [6, 6.07) is 8.60. The number of nitrogens with zero attached hydrogens (tertiary/aromatic N) is 2. The molecule has 1 atom stereocenters. The Labute approximate surface area is 136 Å². The fourth-order valence-corrected chi connectivity index (χ4v) is 3.45. The molecule has 4 heteroatoms. The molecule has 0 unspecified atom stereocenters. The van der Waals surface area contributed by atoms with E-state index in [1.807, 2.05) is 0 Å². The summed E-state index contributed by atoms with van der Waals surface area (Å²) >= 11 is 0. The minimum absolute atomic E-state index is 0.167. The lowest BCUT2D eigenvalue weighted by Crippen LogP contribution is -2.08. The van der Waals surface area contributed by atoms with Gasteiger partial charge in [-0.2, -0.15) is 0 Å². The average molecular weight is 310 g/mol. The first-order chi connectivity index (χ1) is 11.3. The summed E-state index contributed by atoms with van der Waals surface area (Å²) in [5, 5.41) is 0. The third kappa shape index (κ3) is 2.24. The van der Waals surface area contributed by atoms with Crippen molar-refractivity contribution in [1.29, 1.82) is 0 Å². The fraction of sp³-hybridized carbons (Fsp3) is 0.421. The Morgan fingerprint density at radius 1 is 1.17 bits per heavy atom. The Hall–Kier alpha value is -2.23. The van der Waals surface area contributed by atoms with Crippen LogP contribution in [0.2, 0.25) is 0 Å². The van der Waals surface area contributed by atoms with Gasteiger partial charge in [0, 0.05) is 23.7 Å². The van der Waals surface area contributed by atoms with Crippen molar-refractivity contribution < 1.29 is 9.47 Å². The highest BCUT2D eigenvalue weighted by atomic mass is 16.5. The van der Waals surface area contributed by atoms with Crippen LogP contribution in [0.15, 0.2) is 35.5 Å². The van der Waals surface area contributed by atoms with Crippen LogP contribution in [0.5, 0.6) is 11.5 Å². The standard InChI is InChI=1S/C19H22N2O2/c1-4-14-13-10-17(22-2)18(23-3)11-16(13)21-9-5-6-15(21)19(20-14)12-7-8-12/h5-6,9-12,14H,4,7-8H2,1-3H3/t14-/m1/s1. The molecule has 1 aromatic heterocycles. The van der Waals surface area contributed by atoms with Crippen LogP contribution in [0.1, 0.15) is 43.5 Å². The lowest BCUT2D eigenvalue weighted by Gasteiger charge is -2.18. The number of fused-ring (bicyclic) bond motifs is 3. The summed E-state index contributed by atoms with van der Waals surface area (Å²) in [6.45, 7) is 2.19. The van der Waals surface area contributed by atoms with Crippen LogP contribution in [0.3, 0.4) is 0 Å². The predicted octanol–water partition coefficient (Wildman–Crippen LogP) is 4.16. The number of hydrogen-bond donors (Lipinski definition) is 0. The largest absolute Gasteiger partial charge is 0.493 e. The van der Waals surface area contributed by atoms with E-state index in [-0.39, 0.29) is 6.04 Å². The molecule has 23 heavy (non-hydrogen) atoms. The summed E-state index contributed by atoms with van der Waals surface area (Å²) in [4.78, 5) is 5.14. The number of benzene rings is 1. The van der Waals surface area contributed by atoms with Crippen LogP contribution in [-0.4, -0.2) is 24.5 Å². The monoisotopic (exact) mass is 310 g/mol. The van der Waals surface area contributed by atoms with Gasteiger partial charge in [0.25, 0.3) is 0 Å². The van der Waals surface area contributed by atoms with Gasteiger partial charge in [-0.25, -0.2) is 0 Å². The van der Waals surface area contributed by atoms with Crippen LogP contribution in [0, 0.1) is 5.92 Å². The molecule has 1 aromatic carbocycles. The second-order valence-corrected chi connectivity index (χ2v) is 6.24. The van der Waals surface area contributed by atoms with Gasteiger partial charge in [-0.3, -0.25) is 4.99 Å². The molecule has 2 aromatic rings. The molecule has 0 N–H and O–H groups in total. The number of aromatic nitrogens is 1. The number of rotatable bonds is 4. The average Bonchev–Trinajstić information content (AvgIpc) is 3.33. The van der Waals surface area contributed by atoms with Crippen LogP contribution in [0.4, 0.5) is 0 Å². The molecule has 0 saturated heterocycles. The van der Waals surface area contributed by atoms with Crippen LogP contribution in [-0.2, 0) is 0 Å². The zero-order valence-corrected chi connectivity index (χ0v) is 13.9. The van der Waals surface area contributed by atoms with Crippen molar-refractivity contribution in [2.24, 2.45) is 10.9 Å². The summed E-state index contributed by atoms with van der Waals surface area (Å²) in [7, 11) is 3.36. The van der Waals surface area contributed by atoms with Crippen molar-refractivity contribution in [2.45, 2.75) is 32.2 Å². The van der Waals surface area contributed by atoms with Crippen LogP contribution < -0.4 is 9.47 Å². The van der Waals surface area contributed by atoms with Crippen molar-refractivity contribution in [3.05, 3.63) is 41.7 Å². The number of ether oxygens (including phenoxy) is 2. The van der Waals surface area contributed by atoms with Gasteiger partial charge < -0.3 is 14.0 Å². The van der Waals surface area contributed by atoms with Crippen molar-refractivity contribution >= 4 is 5.71 Å². The first-order valence-electron chi connectivity index (χ1n) is 8.28.